The predicted octanol–water partition coefficient (Wildman–Crippen LogP) is 2.60. The van der Waals surface area contributed by atoms with Crippen molar-refractivity contribution in [3.05, 3.63) is 0 Å². The fraction of sp³-hybridized carbons (Fsp3) is 0.857. The van der Waals surface area contributed by atoms with E-state index in [1.54, 1.807) is 18.7 Å². The Morgan fingerprint density at radius 3 is 2.42 bits per heavy atom. The fourth-order valence-corrected chi connectivity index (χ4v) is 2.64. The van der Waals surface area contributed by atoms with Gasteiger partial charge in [0.05, 0.1) is 0 Å². The Labute approximate surface area is 115 Å². The molecule has 0 aromatic carbocycles. The third-order valence-electron chi connectivity index (χ3n) is 4.28. The summed E-state index contributed by atoms with van der Waals surface area (Å²) >= 11 is 0. The van der Waals surface area contributed by atoms with Gasteiger partial charge in [-0.25, -0.2) is 9.59 Å². The van der Waals surface area contributed by atoms with Crippen LogP contribution in [0, 0.1) is 0 Å². The molecule has 2 amide bonds. The van der Waals surface area contributed by atoms with Gasteiger partial charge in [0.25, 0.3) is 0 Å². The minimum absolute atomic E-state index is 0.183. The Kier molecular flexibility index (Phi) is 5.63. The smallest absolute Gasteiger partial charge is 0.329 e. The molecular weight excluding hydrogens is 244 g/mol. The predicted molar refractivity (Wildman–Crippen MR) is 74.1 cm³/mol. The Bertz CT molecular complexity index is 327. The number of hydrogen-bond acceptors (Lipinski definition) is 2. The summed E-state index contributed by atoms with van der Waals surface area (Å²) in [6.45, 7) is 6.34. The summed E-state index contributed by atoms with van der Waals surface area (Å²) in [6, 6.07) is -0.0526. The van der Waals surface area contributed by atoms with Gasteiger partial charge in [0.1, 0.15) is 5.54 Å². The SMILES string of the molecule is CCC(CC)(NC(=O)N1CCCCCC1C)C(=O)O. The van der Waals surface area contributed by atoms with Crippen molar-refractivity contribution in [2.45, 2.75) is 70.9 Å². The Morgan fingerprint density at radius 2 is 1.89 bits per heavy atom. The lowest BCUT2D eigenvalue weighted by molar-refractivity contribution is -0.144. The highest BCUT2D eigenvalue weighted by atomic mass is 16.4. The minimum atomic E-state index is -1.14. The van der Waals surface area contributed by atoms with Crippen molar-refractivity contribution in [3.63, 3.8) is 0 Å². The number of hydrogen-bond donors (Lipinski definition) is 2. The molecule has 1 aliphatic rings. The maximum atomic E-state index is 12.4. The number of aliphatic carboxylic acids is 1. The Balaban J connectivity index is 2.78. The number of likely N-dealkylation sites (tertiary alicyclic amines) is 1. The van der Waals surface area contributed by atoms with E-state index in [0.717, 1.165) is 32.2 Å². The molecule has 0 aromatic rings. The molecule has 110 valence electrons. The van der Waals surface area contributed by atoms with Crippen LogP contribution in [0.1, 0.15) is 59.3 Å². The maximum absolute atomic E-state index is 12.4. The number of carboxylic acids is 1. The summed E-state index contributed by atoms with van der Waals surface area (Å²) < 4.78 is 0. The molecule has 0 aromatic heterocycles. The molecule has 1 atom stereocenters. The van der Waals surface area contributed by atoms with Crippen molar-refractivity contribution in [3.8, 4) is 0 Å². The average molecular weight is 270 g/mol. The summed E-state index contributed by atoms with van der Waals surface area (Å²) in [5.41, 5.74) is -1.14. The number of rotatable bonds is 4. The Hall–Kier alpha value is -1.26. The first-order valence-electron chi connectivity index (χ1n) is 7.29. The van der Waals surface area contributed by atoms with Crippen molar-refractivity contribution in [1.82, 2.24) is 10.2 Å². The molecule has 1 rings (SSSR count). The Morgan fingerprint density at radius 1 is 1.26 bits per heavy atom. The lowest BCUT2D eigenvalue weighted by Crippen LogP contribution is -2.58. The van der Waals surface area contributed by atoms with Gasteiger partial charge in [-0.2, -0.15) is 0 Å². The van der Waals surface area contributed by atoms with Crippen LogP contribution in [0.4, 0.5) is 4.79 Å². The highest BCUT2D eigenvalue weighted by Crippen LogP contribution is 2.20. The zero-order valence-corrected chi connectivity index (χ0v) is 12.2. The standard InChI is InChI=1S/C14H26N2O3/c1-4-14(5-2,12(17)18)15-13(19)16-10-8-6-7-9-11(16)3/h11H,4-10H2,1-3H3,(H,15,19)(H,17,18). The van der Waals surface area contributed by atoms with Crippen molar-refractivity contribution >= 4 is 12.0 Å². The molecule has 19 heavy (non-hydrogen) atoms. The van der Waals surface area contributed by atoms with E-state index in [4.69, 9.17) is 0 Å². The minimum Gasteiger partial charge on any atom is -0.480 e. The van der Waals surface area contributed by atoms with Gasteiger partial charge in [0.2, 0.25) is 0 Å². The first kappa shape index (κ1) is 15.8. The van der Waals surface area contributed by atoms with Gasteiger partial charge < -0.3 is 15.3 Å². The van der Waals surface area contributed by atoms with Crippen molar-refractivity contribution in [2.24, 2.45) is 0 Å². The molecule has 1 saturated heterocycles. The maximum Gasteiger partial charge on any atom is 0.329 e. The summed E-state index contributed by atoms with van der Waals surface area (Å²) in [5, 5.41) is 12.1. The number of amides is 2. The second-order valence-electron chi connectivity index (χ2n) is 5.42. The molecule has 0 bridgehead atoms. The van der Waals surface area contributed by atoms with Crippen LogP contribution in [-0.2, 0) is 4.79 Å². The normalized spacial score (nSPS) is 20.8. The lowest BCUT2D eigenvalue weighted by atomic mass is 9.93. The second kappa shape index (κ2) is 6.78. The van der Waals surface area contributed by atoms with E-state index in [1.807, 2.05) is 6.92 Å². The summed E-state index contributed by atoms with van der Waals surface area (Å²) in [4.78, 5) is 25.6. The van der Waals surface area contributed by atoms with Gasteiger partial charge in [0, 0.05) is 12.6 Å². The second-order valence-corrected chi connectivity index (χ2v) is 5.42. The lowest BCUT2D eigenvalue weighted by Gasteiger charge is -2.34. The van der Waals surface area contributed by atoms with Gasteiger partial charge in [-0.05, 0) is 32.6 Å². The number of urea groups is 1. The van der Waals surface area contributed by atoms with Crippen molar-refractivity contribution in [2.75, 3.05) is 6.54 Å². The van der Waals surface area contributed by atoms with Crippen LogP contribution in [0.5, 0.6) is 0 Å². The van der Waals surface area contributed by atoms with Gasteiger partial charge in [0.15, 0.2) is 0 Å². The third-order valence-corrected chi connectivity index (χ3v) is 4.28. The molecular formula is C14H26N2O3. The van der Waals surface area contributed by atoms with Gasteiger partial charge in [-0.1, -0.05) is 26.7 Å². The molecule has 1 fully saturated rings. The van der Waals surface area contributed by atoms with Crippen molar-refractivity contribution < 1.29 is 14.7 Å². The summed E-state index contributed by atoms with van der Waals surface area (Å²) in [7, 11) is 0. The summed E-state index contributed by atoms with van der Waals surface area (Å²) in [6.07, 6.45) is 5.05. The highest BCUT2D eigenvalue weighted by Gasteiger charge is 2.38. The van der Waals surface area contributed by atoms with Crippen LogP contribution in [0.15, 0.2) is 0 Å². The van der Waals surface area contributed by atoms with E-state index in [-0.39, 0.29) is 12.1 Å². The van der Waals surface area contributed by atoms with Gasteiger partial charge in [-0.15, -0.1) is 0 Å². The number of carbonyl (C=O) groups excluding carboxylic acids is 1. The van der Waals surface area contributed by atoms with Crippen LogP contribution in [0.2, 0.25) is 0 Å². The van der Waals surface area contributed by atoms with E-state index < -0.39 is 11.5 Å². The topological polar surface area (TPSA) is 69.6 Å². The molecule has 2 N–H and O–H groups in total. The molecule has 0 spiro atoms. The van der Waals surface area contributed by atoms with Crippen LogP contribution >= 0.6 is 0 Å². The molecule has 0 saturated carbocycles. The van der Waals surface area contributed by atoms with Gasteiger partial charge in [-0.3, -0.25) is 0 Å². The zero-order chi connectivity index (χ0) is 14.5. The largest absolute Gasteiger partial charge is 0.480 e. The first-order chi connectivity index (χ1) is 8.96. The fourth-order valence-electron chi connectivity index (χ4n) is 2.64. The van der Waals surface area contributed by atoms with Crippen LogP contribution in [0.25, 0.3) is 0 Å². The van der Waals surface area contributed by atoms with Gasteiger partial charge >= 0.3 is 12.0 Å². The molecule has 0 radical (unpaired) electrons. The zero-order valence-electron chi connectivity index (χ0n) is 12.2. The number of nitrogens with one attached hydrogen (secondary N) is 1. The van der Waals surface area contributed by atoms with E-state index >= 15 is 0 Å². The summed E-state index contributed by atoms with van der Waals surface area (Å²) in [5.74, 6) is -0.951. The number of carbonyl (C=O) groups is 2. The third kappa shape index (κ3) is 3.61. The van der Waals surface area contributed by atoms with Crippen LogP contribution < -0.4 is 5.32 Å². The average Bonchev–Trinajstić information content (AvgIpc) is 2.60. The van der Waals surface area contributed by atoms with E-state index in [0.29, 0.717) is 12.8 Å². The molecule has 1 unspecified atom stereocenters. The van der Waals surface area contributed by atoms with E-state index in [1.165, 1.54) is 0 Å². The monoisotopic (exact) mass is 270 g/mol. The number of nitrogens with zero attached hydrogens (tertiary/aromatic N) is 1. The molecule has 0 aliphatic carbocycles. The molecule has 5 nitrogen and oxygen atoms in total. The van der Waals surface area contributed by atoms with Crippen LogP contribution in [-0.4, -0.2) is 40.1 Å². The quantitative estimate of drug-likeness (QED) is 0.825. The van der Waals surface area contributed by atoms with E-state index in [2.05, 4.69) is 5.32 Å². The molecule has 1 aliphatic heterocycles. The van der Waals surface area contributed by atoms with Crippen LogP contribution in [0.3, 0.4) is 0 Å². The number of carboxylic acid groups (broad SMARTS) is 1. The first-order valence-corrected chi connectivity index (χ1v) is 7.29. The van der Waals surface area contributed by atoms with E-state index in [9.17, 15) is 14.7 Å². The molecule has 5 heteroatoms. The highest BCUT2D eigenvalue weighted by molar-refractivity contribution is 5.86. The van der Waals surface area contributed by atoms with Crippen molar-refractivity contribution in [1.29, 1.82) is 0 Å². The molecule has 1 heterocycles.